The van der Waals surface area contributed by atoms with E-state index in [1.165, 1.54) is 25.2 Å². The molecule has 0 saturated heterocycles. The fourth-order valence-corrected chi connectivity index (χ4v) is 6.47. The number of rotatable bonds is 14. The molecule has 1 unspecified atom stereocenters. The topological polar surface area (TPSA) is 128 Å². The molecule has 2 amide bonds. The van der Waals surface area contributed by atoms with E-state index in [1.807, 2.05) is 94.4 Å². The van der Waals surface area contributed by atoms with Crippen LogP contribution in [-0.4, -0.2) is 57.3 Å². The van der Waals surface area contributed by atoms with E-state index in [-0.39, 0.29) is 35.4 Å². The first-order valence-corrected chi connectivity index (χ1v) is 18.2. The lowest BCUT2D eigenvalue weighted by atomic mass is 9.99. The number of nitrogens with zero attached hydrogens (tertiary/aromatic N) is 1. The van der Waals surface area contributed by atoms with Gasteiger partial charge in [0.15, 0.2) is 0 Å². The zero-order valence-electron chi connectivity index (χ0n) is 27.7. The molecule has 0 radical (unpaired) electrons. The van der Waals surface area contributed by atoms with Gasteiger partial charge in [0.2, 0.25) is 10.0 Å². The van der Waals surface area contributed by atoms with E-state index in [9.17, 15) is 23.1 Å². The van der Waals surface area contributed by atoms with E-state index in [0.717, 1.165) is 37.0 Å². The van der Waals surface area contributed by atoms with E-state index in [4.69, 9.17) is 0 Å². The van der Waals surface area contributed by atoms with Gasteiger partial charge in [-0.25, -0.2) is 8.42 Å². The molecule has 4 N–H and O–H groups in total. The molecular formula is C36H44N4O5S2. The summed E-state index contributed by atoms with van der Waals surface area (Å²) < 4.78 is 26.0. The maximum absolute atomic E-state index is 13.8. The lowest BCUT2D eigenvalue weighted by Crippen LogP contribution is -2.49. The number of aliphatic hydroxyl groups is 1. The largest absolute Gasteiger partial charge is 0.390 e. The Bertz CT molecular complexity index is 1770. The molecule has 0 aliphatic carbocycles. The highest BCUT2D eigenvalue weighted by atomic mass is 32.2. The average molecular weight is 677 g/mol. The molecule has 47 heavy (non-hydrogen) atoms. The Morgan fingerprint density at radius 3 is 2.04 bits per heavy atom. The highest BCUT2D eigenvalue weighted by molar-refractivity contribution is 7.92. The SMILES string of the molecule is Cc1ccc([C@@H](C)NC[C@@H](O)[C@H](Cc2ccccc2)NC(=O)c2cc(C(=O)NC(C)c3ccc(C)s3)cc(N(C)S(C)(=O)=O)c2)cc1. The summed E-state index contributed by atoms with van der Waals surface area (Å²) in [5.74, 6) is -0.993. The van der Waals surface area contributed by atoms with Gasteiger partial charge in [0, 0.05) is 40.5 Å². The number of carbonyl (C=O) groups excluding carboxylic acids is 2. The molecule has 0 bridgehead atoms. The van der Waals surface area contributed by atoms with E-state index in [1.54, 1.807) is 11.3 Å². The Morgan fingerprint density at radius 2 is 1.47 bits per heavy atom. The second-order valence-electron chi connectivity index (χ2n) is 12.0. The lowest BCUT2D eigenvalue weighted by Gasteiger charge is -2.27. The third kappa shape index (κ3) is 9.98. The summed E-state index contributed by atoms with van der Waals surface area (Å²) in [6.45, 7) is 8.10. The molecule has 0 aliphatic heterocycles. The summed E-state index contributed by atoms with van der Waals surface area (Å²) in [5, 5.41) is 20.7. The number of benzene rings is 3. The van der Waals surface area contributed by atoms with Crippen LogP contribution in [0.15, 0.2) is 84.9 Å². The molecule has 0 aliphatic rings. The molecule has 0 saturated carbocycles. The van der Waals surface area contributed by atoms with Crippen LogP contribution >= 0.6 is 11.3 Å². The van der Waals surface area contributed by atoms with Crippen molar-refractivity contribution in [2.75, 3.05) is 24.2 Å². The van der Waals surface area contributed by atoms with Crippen molar-refractivity contribution in [2.45, 2.75) is 58.3 Å². The van der Waals surface area contributed by atoms with Crippen LogP contribution in [0.2, 0.25) is 0 Å². The van der Waals surface area contributed by atoms with Crippen molar-refractivity contribution in [1.82, 2.24) is 16.0 Å². The van der Waals surface area contributed by atoms with Gasteiger partial charge in [-0.1, -0.05) is 60.2 Å². The van der Waals surface area contributed by atoms with Crippen LogP contribution in [0.1, 0.15) is 73.1 Å². The summed E-state index contributed by atoms with van der Waals surface area (Å²) >= 11 is 1.57. The number of thiophene rings is 1. The van der Waals surface area contributed by atoms with Gasteiger partial charge < -0.3 is 21.1 Å². The van der Waals surface area contributed by atoms with Gasteiger partial charge in [0.1, 0.15) is 0 Å². The van der Waals surface area contributed by atoms with Crippen molar-refractivity contribution >= 4 is 38.9 Å². The second kappa shape index (κ2) is 15.7. The van der Waals surface area contributed by atoms with E-state index in [2.05, 4.69) is 16.0 Å². The zero-order valence-corrected chi connectivity index (χ0v) is 29.3. The maximum atomic E-state index is 13.8. The van der Waals surface area contributed by atoms with Crippen molar-refractivity contribution in [2.24, 2.45) is 0 Å². The number of aryl methyl sites for hydroxylation is 2. The third-order valence-corrected chi connectivity index (χ3v) is 10.5. The Balaban J connectivity index is 1.59. The first kappa shape index (κ1) is 35.8. The predicted molar refractivity (Wildman–Crippen MR) is 190 cm³/mol. The molecule has 3 aromatic carbocycles. The first-order chi connectivity index (χ1) is 22.2. The third-order valence-electron chi connectivity index (χ3n) is 8.13. The minimum Gasteiger partial charge on any atom is -0.390 e. The fourth-order valence-electron chi connectivity index (χ4n) is 5.10. The van der Waals surface area contributed by atoms with Crippen molar-refractivity contribution in [3.63, 3.8) is 0 Å². The molecule has 11 heteroatoms. The summed E-state index contributed by atoms with van der Waals surface area (Å²) in [6, 6.07) is 24.9. The number of nitrogens with one attached hydrogen (secondary N) is 3. The summed E-state index contributed by atoms with van der Waals surface area (Å²) in [5.41, 5.74) is 3.55. The van der Waals surface area contributed by atoms with Gasteiger partial charge in [0.05, 0.1) is 30.1 Å². The van der Waals surface area contributed by atoms with Crippen molar-refractivity contribution in [3.8, 4) is 0 Å². The number of hydrogen-bond acceptors (Lipinski definition) is 7. The average Bonchev–Trinajstić information content (AvgIpc) is 3.49. The van der Waals surface area contributed by atoms with Crippen LogP contribution in [0, 0.1) is 13.8 Å². The van der Waals surface area contributed by atoms with Crippen LogP contribution in [0.5, 0.6) is 0 Å². The smallest absolute Gasteiger partial charge is 0.251 e. The van der Waals surface area contributed by atoms with Crippen molar-refractivity contribution < 1.29 is 23.1 Å². The summed E-state index contributed by atoms with van der Waals surface area (Å²) in [7, 11) is -2.33. The standard InChI is InChI=1S/C36H44N4O5S2/c1-23-12-15-28(16-13-23)25(3)37-22-33(41)32(18-27-10-8-7-9-11-27)39-36(43)30-19-29(20-31(21-30)40(5)47(6,44)45)35(42)38-26(4)34-17-14-24(2)46-34/h7-17,19-21,25-26,32-33,37,41H,18,22H2,1-6H3,(H,38,42)(H,39,43)/t25-,26?,32+,33-/m1/s1. The van der Waals surface area contributed by atoms with Crippen molar-refractivity contribution in [1.29, 1.82) is 0 Å². The van der Waals surface area contributed by atoms with E-state index in [0.29, 0.717) is 6.42 Å². The van der Waals surface area contributed by atoms with Gasteiger partial charge in [-0.2, -0.15) is 0 Å². The zero-order chi connectivity index (χ0) is 34.3. The molecule has 1 heterocycles. The maximum Gasteiger partial charge on any atom is 0.251 e. The Hall–Kier alpha value is -4.03. The van der Waals surface area contributed by atoms with E-state index < -0.39 is 34.0 Å². The quantitative estimate of drug-likeness (QED) is 0.144. The fraction of sp³-hybridized carbons (Fsp3) is 0.333. The lowest BCUT2D eigenvalue weighted by molar-refractivity contribution is 0.0825. The molecule has 9 nitrogen and oxygen atoms in total. The normalized spacial score (nSPS) is 14.1. The monoisotopic (exact) mass is 676 g/mol. The predicted octanol–water partition coefficient (Wildman–Crippen LogP) is 5.30. The number of sulfonamides is 1. The minimum atomic E-state index is -3.70. The van der Waals surface area contributed by atoms with Crippen LogP contribution in [0.4, 0.5) is 5.69 Å². The molecule has 0 spiro atoms. The highest BCUT2D eigenvalue weighted by Crippen LogP contribution is 2.25. The van der Waals surface area contributed by atoms with Crippen LogP contribution < -0.4 is 20.3 Å². The molecule has 250 valence electrons. The number of amides is 2. The second-order valence-corrected chi connectivity index (χ2v) is 15.4. The van der Waals surface area contributed by atoms with Gasteiger partial charge in [-0.15, -0.1) is 11.3 Å². The highest BCUT2D eigenvalue weighted by Gasteiger charge is 2.25. The molecular weight excluding hydrogens is 633 g/mol. The molecule has 4 atom stereocenters. The summed E-state index contributed by atoms with van der Waals surface area (Å²) in [4.78, 5) is 29.4. The molecule has 4 rings (SSSR count). The van der Waals surface area contributed by atoms with E-state index >= 15 is 0 Å². The van der Waals surface area contributed by atoms with Gasteiger partial charge in [-0.05, 0) is 75.6 Å². The number of aliphatic hydroxyl groups excluding tert-OH is 1. The minimum absolute atomic E-state index is 0.0388. The molecule has 0 fully saturated rings. The Morgan fingerprint density at radius 1 is 0.851 bits per heavy atom. The molecule has 1 aromatic heterocycles. The van der Waals surface area contributed by atoms with Gasteiger partial charge in [-0.3, -0.25) is 13.9 Å². The molecule has 4 aromatic rings. The van der Waals surface area contributed by atoms with Crippen LogP contribution in [-0.2, 0) is 16.4 Å². The van der Waals surface area contributed by atoms with Gasteiger partial charge >= 0.3 is 0 Å². The van der Waals surface area contributed by atoms with Crippen LogP contribution in [0.3, 0.4) is 0 Å². The van der Waals surface area contributed by atoms with Gasteiger partial charge in [0.25, 0.3) is 11.8 Å². The van der Waals surface area contributed by atoms with Crippen molar-refractivity contribution in [3.05, 3.63) is 123 Å². The summed E-state index contributed by atoms with van der Waals surface area (Å²) in [6.07, 6.45) is 0.437. The first-order valence-electron chi connectivity index (χ1n) is 15.5. The Kier molecular flexibility index (Phi) is 12.0. The Labute approximate surface area is 282 Å². The number of anilines is 1. The number of carbonyl (C=O) groups is 2. The number of hydrogen-bond donors (Lipinski definition) is 4. The van der Waals surface area contributed by atoms with Crippen LogP contribution in [0.25, 0.3) is 0 Å².